The monoisotopic (exact) mass is 283 g/mol. The molecule has 1 aromatic carbocycles. The second-order valence-corrected chi connectivity index (χ2v) is 5.74. The van der Waals surface area contributed by atoms with Crippen LogP contribution in [0.3, 0.4) is 0 Å². The summed E-state index contributed by atoms with van der Waals surface area (Å²) in [5, 5.41) is 3.40. The van der Waals surface area contributed by atoms with E-state index in [1.165, 1.54) is 0 Å². The highest BCUT2D eigenvalue weighted by molar-refractivity contribution is 7.81. The van der Waals surface area contributed by atoms with Crippen molar-refractivity contribution < 1.29 is 0 Å². The van der Waals surface area contributed by atoms with Gasteiger partial charge in [-0.2, -0.15) is 0 Å². The van der Waals surface area contributed by atoms with Crippen molar-refractivity contribution in [3.8, 4) is 0 Å². The van der Waals surface area contributed by atoms with E-state index in [0.717, 1.165) is 34.3 Å². The zero-order valence-corrected chi connectivity index (χ0v) is 12.4. The lowest BCUT2D eigenvalue weighted by Gasteiger charge is -2.26. The molecule has 1 aromatic heterocycles. The Morgan fingerprint density at radius 1 is 1.20 bits per heavy atom. The van der Waals surface area contributed by atoms with E-state index in [0.29, 0.717) is 5.92 Å². The van der Waals surface area contributed by atoms with E-state index in [9.17, 15) is 0 Å². The van der Waals surface area contributed by atoms with Gasteiger partial charge in [0.05, 0.1) is 16.9 Å². The van der Waals surface area contributed by atoms with E-state index in [1.54, 1.807) is 6.20 Å². The van der Waals surface area contributed by atoms with Crippen molar-refractivity contribution in [1.29, 1.82) is 0 Å². The molecule has 20 heavy (non-hydrogen) atoms. The van der Waals surface area contributed by atoms with Gasteiger partial charge in [-0.05, 0) is 30.2 Å². The maximum absolute atomic E-state index is 5.71. The van der Waals surface area contributed by atoms with Crippen LogP contribution in [0.25, 0.3) is 0 Å². The quantitative estimate of drug-likeness (QED) is 0.844. The molecule has 2 aromatic rings. The van der Waals surface area contributed by atoms with Crippen LogP contribution >= 0.6 is 12.2 Å². The Bertz CT molecular complexity index is 652. The summed E-state index contributed by atoms with van der Waals surface area (Å²) in [7, 11) is 0. The summed E-state index contributed by atoms with van der Waals surface area (Å²) in [5.41, 5.74) is 3.15. The topological polar surface area (TPSA) is 28.2 Å². The largest absolute Gasteiger partial charge is 0.338 e. The molecule has 102 valence electrons. The van der Waals surface area contributed by atoms with Gasteiger partial charge >= 0.3 is 0 Å². The second-order valence-electron chi connectivity index (χ2n) is 5.35. The first kappa shape index (κ1) is 13.1. The molecule has 1 aliphatic rings. The first-order chi connectivity index (χ1) is 9.66. The third kappa shape index (κ3) is 2.27. The smallest absolute Gasteiger partial charge is 0.140 e. The summed E-state index contributed by atoms with van der Waals surface area (Å²) in [6.07, 6.45) is 1.79. The molecule has 0 bridgehead atoms. The Morgan fingerprint density at radius 3 is 2.80 bits per heavy atom. The van der Waals surface area contributed by atoms with Gasteiger partial charge in [0.2, 0.25) is 0 Å². The second kappa shape index (κ2) is 5.21. The van der Waals surface area contributed by atoms with Crippen molar-refractivity contribution in [3.05, 3.63) is 48.2 Å². The zero-order valence-electron chi connectivity index (χ0n) is 11.6. The maximum atomic E-state index is 5.71. The summed E-state index contributed by atoms with van der Waals surface area (Å²) in [4.78, 5) is 7.45. The number of nitrogens with zero attached hydrogens (tertiary/aromatic N) is 2. The van der Waals surface area contributed by atoms with Crippen LogP contribution in [-0.2, 0) is 0 Å². The number of nitrogens with one attached hydrogen (secondary N) is 1. The molecule has 0 amide bonds. The van der Waals surface area contributed by atoms with Crippen LogP contribution in [0.1, 0.15) is 19.4 Å². The zero-order chi connectivity index (χ0) is 14.1. The normalized spacial score (nSPS) is 13.6. The highest BCUT2D eigenvalue weighted by Gasteiger charge is 2.24. The van der Waals surface area contributed by atoms with E-state index in [1.807, 2.05) is 24.3 Å². The van der Waals surface area contributed by atoms with Crippen molar-refractivity contribution in [2.75, 3.05) is 16.8 Å². The fraction of sp³-hybridized carbons (Fsp3) is 0.250. The van der Waals surface area contributed by atoms with Gasteiger partial charge in [0, 0.05) is 12.7 Å². The van der Waals surface area contributed by atoms with Crippen molar-refractivity contribution in [1.82, 2.24) is 4.98 Å². The first-order valence-electron chi connectivity index (χ1n) is 6.80. The standard InChI is InChI=1S/C16H17N3S/c1-11(2)10-19-14-8-4-3-7-13(14)18-15-12(16(19)20)6-5-9-17-15/h3-9,11H,10H2,1-2H3,(H,17,18). The average Bonchev–Trinajstić information content (AvgIpc) is 2.55. The lowest BCUT2D eigenvalue weighted by molar-refractivity contribution is 0.660. The minimum absolute atomic E-state index is 0.527. The van der Waals surface area contributed by atoms with Crippen LogP contribution in [0, 0.1) is 5.92 Å². The van der Waals surface area contributed by atoms with E-state index < -0.39 is 0 Å². The molecule has 0 saturated heterocycles. The average molecular weight is 283 g/mol. The lowest BCUT2D eigenvalue weighted by atomic mass is 10.1. The summed E-state index contributed by atoms with van der Waals surface area (Å²) in [6.45, 7) is 5.30. The number of pyridine rings is 1. The van der Waals surface area contributed by atoms with E-state index >= 15 is 0 Å². The van der Waals surface area contributed by atoms with Gasteiger partial charge in [-0.3, -0.25) is 0 Å². The fourth-order valence-corrected chi connectivity index (χ4v) is 2.76. The molecule has 0 atom stereocenters. The Labute approximate surface area is 124 Å². The van der Waals surface area contributed by atoms with Crippen LogP contribution in [0.5, 0.6) is 0 Å². The van der Waals surface area contributed by atoms with Crippen molar-refractivity contribution in [2.24, 2.45) is 5.92 Å². The molecule has 3 rings (SSSR count). The predicted octanol–water partition coefficient (Wildman–Crippen LogP) is 3.98. The van der Waals surface area contributed by atoms with Crippen molar-refractivity contribution in [2.45, 2.75) is 13.8 Å². The molecular weight excluding hydrogens is 266 g/mol. The molecule has 4 heteroatoms. The lowest BCUT2D eigenvalue weighted by Crippen LogP contribution is -2.33. The Balaban J connectivity index is 2.16. The molecule has 3 nitrogen and oxygen atoms in total. The van der Waals surface area contributed by atoms with Gasteiger partial charge in [0.25, 0.3) is 0 Å². The Kier molecular flexibility index (Phi) is 3.40. The van der Waals surface area contributed by atoms with E-state index in [2.05, 4.69) is 41.2 Å². The third-order valence-electron chi connectivity index (χ3n) is 3.28. The molecule has 0 radical (unpaired) electrons. The number of hydrogen-bond donors (Lipinski definition) is 1. The minimum atomic E-state index is 0.527. The van der Waals surface area contributed by atoms with E-state index in [-0.39, 0.29) is 0 Å². The Hall–Kier alpha value is -1.94. The maximum Gasteiger partial charge on any atom is 0.140 e. The van der Waals surface area contributed by atoms with E-state index in [4.69, 9.17) is 12.2 Å². The third-order valence-corrected chi connectivity index (χ3v) is 3.72. The number of anilines is 3. The molecule has 0 unspecified atom stereocenters. The summed E-state index contributed by atoms with van der Waals surface area (Å²) < 4.78 is 0. The molecule has 0 saturated carbocycles. The number of hydrogen-bond acceptors (Lipinski definition) is 3. The van der Waals surface area contributed by atoms with Gasteiger partial charge < -0.3 is 10.2 Å². The number of fused-ring (bicyclic) bond motifs is 2. The molecule has 2 heterocycles. The van der Waals surface area contributed by atoms with Crippen LogP contribution in [-0.4, -0.2) is 16.5 Å². The predicted molar refractivity (Wildman–Crippen MR) is 87.8 cm³/mol. The Morgan fingerprint density at radius 2 is 2.00 bits per heavy atom. The van der Waals surface area contributed by atoms with Crippen LogP contribution in [0.15, 0.2) is 42.6 Å². The molecule has 0 fully saturated rings. The number of para-hydroxylation sites is 2. The fourth-order valence-electron chi connectivity index (χ4n) is 2.42. The van der Waals surface area contributed by atoms with Crippen LogP contribution in [0.4, 0.5) is 17.2 Å². The number of benzene rings is 1. The molecule has 0 aliphatic carbocycles. The van der Waals surface area contributed by atoms with Crippen molar-refractivity contribution >= 4 is 34.4 Å². The number of aromatic nitrogens is 1. The molecular formula is C16H17N3S. The molecule has 1 N–H and O–H groups in total. The highest BCUT2D eigenvalue weighted by Crippen LogP contribution is 2.35. The van der Waals surface area contributed by atoms with Crippen LogP contribution in [0.2, 0.25) is 0 Å². The number of thiocarbonyl (C=S) groups is 1. The summed E-state index contributed by atoms with van der Waals surface area (Å²) >= 11 is 5.71. The van der Waals surface area contributed by atoms with Gasteiger partial charge in [0.1, 0.15) is 10.8 Å². The van der Waals surface area contributed by atoms with Crippen LogP contribution < -0.4 is 10.2 Å². The van der Waals surface area contributed by atoms with Gasteiger partial charge in [-0.15, -0.1) is 0 Å². The minimum Gasteiger partial charge on any atom is -0.338 e. The first-order valence-corrected chi connectivity index (χ1v) is 7.20. The van der Waals surface area contributed by atoms with Gasteiger partial charge in [0.15, 0.2) is 0 Å². The molecule has 1 aliphatic heterocycles. The summed E-state index contributed by atoms with van der Waals surface area (Å²) in [5.74, 6) is 1.36. The summed E-state index contributed by atoms with van der Waals surface area (Å²) in [6, 6.07) is 12.2. The van der Waals surface area contributed by atoms with Gasteiger partial charge in [-0.25, -0.2) is 4.98 Å². The number of rotatable bonds is 2. The van der Waals surface area contributed by atoms with Crippen molar-refractivity contribution in [3.63, 3.8) is 0 Å². The SMILES string of the molecule is CC(C)CN1C(=S)c2cccnc2Nc2ccccc21. The molecule has 0 spiro atoms. The van der Waals surface area contributed by atoms with Gasteiger partial charge in [-0.1, -0.05) is 38.2 Å². The highest BCUT2D eigenvalue weighted by atomic mass is 32.1.